The van der Waals surface area contributed by atoms with Crippen molar-refractivity contribution in [1.82, 2.24) is 20.9 Å². The van der Waals surface area contributed by atoms with Crippen LogP contribution in [0.5, 0.6) is 0 Å². The first kappa shape index (κ1) is 28.9. The first-order valence-corrected chi connectivity index (χ1v) is 12.3. The number of amides is 4. The Balaban J connectivity index is 1.77. The zero-order chi connectivity index (χ0) is 28.5. The fourth-order valence-electron chi connectivity index (χ4n) is 4.04. The van der Waals surface area contributed by atoms with Gasteiger partial charge in [-0.25, -0.2) is 4.79 Å². The molecule has 0 bridgehead atoms. The molecule has 0 aliphatic rings. The molecule has 39 heavy (non-hydrogen) atoms. The molecule has 3 rings (SSSR count). The predicted molar refractivity (Wildman–Crippen MR) is 143 cm³/mol. The van der Waals surface area contributed by atoms with Crippen molar-refractivity contribution in [2.24, 2.45) is 11.5 Å². The largest absolute Gasteiger partial charge is 0.480 e. The summed E-state index contributed by atoms with van der Waals surface area (Å²) in [4.78, 5) is 65.4. The number of benzene rings is 2. The van der Waals surface area contributed by atoms with Crippen molar-refractivity contribution in [2.75, 3.05) is 0 Å². The number of carbonyl (C=O) groups excluding carboxylic acids is 4. The fourth-order valence-corrected chi connectivity index (χ4v) is 4.04. The lowest BCUT2D eigenvalue weighted by molar-refractivity contribution is -0.142. The Morgan fingerprint density at radius 2 is 1.41 bits per heavy atom. The smallest absolute Gasteiger partial charge is 0.326 e. The minimum absolute atomic E-state index is 0.0522. The molecule has 12 nitrogen and oxygen atoms in total. The Hall–Kier alpha value is -4.71. The lowest BCUT2D eigenvalue weighted by atomic mass is 10.0. The van der Waals surface area contributed by atoms with Crippen LogP contribution in [0.15, 0.2) is 60.8 Å². The minimum atomic E-state index is -1.48. The number of H-pyrrole nitrogens is 1. The molecule has 4 amide bonds. The summed E-state index contributed by atoms with van der Waals surface area (Å²) in [6.07, 6.45) is 1.10. The second-order valence-electron chi connectivity index (χ2n) is 9.23. The van der Waals surface area contributed by atoms with Gasteiger partial charge in [0.25, 0.3) is 0 Å². The van der Waals surface area contributed by atoms with E-state index in [1.807, 2.05) is 24.3 Å². The number of primary amides is 1. The van der Waals surface area contributed by atoms with E-state index in [-0.39, 0.29) is 12.8 Å². The number of hydrogen-bond acceptors (Lipinski definition) is 6. The van der Waals surface area contributed by atoms with Crippen LogP contribution < -0.4 is 27.4 Å². The van der Waals surface area contributed by atoms with Gasteiger partial charge in [0.1, 0.15) is 18.1 Å². The number of aliphatic carboxylic acids is 1. The zero-order valence-corrected chi connectivity index (χ0v) is 21.3. The number of carboxylic acid groups (broad SMARTS) is 1. The topological polar surface area (TPSA) is 209 Å². The molecule has 0 saturated heterocycles. The van der Waals surface area contributed by atoms with Gasteiger partial charge in [-0.2, -0.15) is 0 Å². The molecule has 0 saturated carbocycles. The van der Waals surface area contributed by atoms with Crippen molar-refractivity contribution in [3.63, 3.8) is 0 Å². The fraction of sp³-hybridized carbons (Fsp3) is 0.296. The van der Waals surface area contributed by atoms with Crippen LogP contribution >= 0.6 is 0 Å². The second-order valence-corrected chi connectivity index (χ2v) is 9.23. The van der Waals surface area contributed by atoms with Crippen molar-refractivity contribution in [1.29, 1.82) is 0 Å². The van der Waals surface area contributed by atoms with Gasteiger partial charge < -0.3 is 37.5 Å². The molecule has 3 aromatic rings. The lowest BCUT2D eigenvalue weighted by Gasteiger charge is -2.24. The number of rotatable bonds is 13. The third kappa shape index (κ3) is 8.14. The molecule has 206 valence electrons. The first-order chi connectivity index (χ1) is 18.5. The first-order valence-electron chi connectivity index (χ1n) is 12.3. The van der Waals surface area contributed by atoms with E-state index < -0.39 is 60.2 Å². The Morgan fingerprint density at radius 1 is 0.821 bits per heavy atom. The van der Waals surface area contributed by atoms with Gasteiger partial charge in [-0.3, -0.25) is 19.2 Å². The molecule has 0 fully saturated rings. The highest BCUT2D eigenvalue weighted by Crippen LogP contribution is 2.19. The molecule has 12 heteroatoms. The van der Waals surface area contributed by atoms with Crippen LogP contribution in [0.1, 0.15) is 24.5 Å². The van der Waals surface area contributed by atoms with Gasteiger partial charge in [-0.15, -0.1) is 0 Å². The Labute approximate surface area is 224 Å². The molecule has 9 N–H and O–H groups in total. The van der Waals surface area contributed by atoms with Crippen LogP contribution in [0.4, 0.5) is 0 Å². The Morgan fingerprint density at radius 3 is 2.05 bits per heavy atom. The summed E-state index contributed by atoms with van der Waals surface area (Å²) in [5.41, 5.74) is 13.1. The van der Waals surface area contributed by atoms with Gasteiger partial charge in [-0.1, -0.05) is 48.5 Å². The van der Waals surface area contributed by atoms with E-state index in [1.54, 1.807) is 36.5 Å². The molecule has 2 aromatic carbocycles. The molecule has 0 aliphatic heterocycles. The molecule has 0 aliphatic carbocycles. The third-order valence-corrected chi connectivity index (χ3v) is 6.08. The summed E-state index contributed by atoms with van der Waals surface area (Å²) in [6, 6.07) is 11.3. The normalized spacial score (nSPS) is 14.0. The number of hydrogen-bond donors (Lipinski definition) is 7. The van der Waals surface area contributed by atoms with Gasteiger partial charge in [0.05, 0.1) is 12.5 Å². The maximum Gasteiger partial charge on any atom is 0.326 e. The summed E-state index contributed by atoms with van der Waals surface area (Å²) in [5.74, 6) is -4.46. The van der Waals surface area contributed by atoms with Crippen molar-refractivity contribution in [2.45, 2.75) is 50.4 Å². The summed E-state index contributed by atoms with van der Waals surface area (Å²) < 4.78 is 0. The molecular formula is C27H32N6O6. The van der Waals surface area contributed by atoms with Crippen LogP contribution in [0.3, 0.4) is 0 Å². The quantitative estimate of drug-likeness (QED) is 0.155. The van der Waals surface area contributed by atoms with Crippen molar-refractivity contribution < 1.29 is 29.1 Å². The molecular weight excluding hydrogens is 504 g/mol. The van der Waals surface area contributed by atoms with Crippen LogP contribution in [-0.4, -0.2) is 63.9 Å². The van der Waals surface area contributed by atoms with Crippen molar-refractivity contribution >= 4 is 40.5 Å². The van der Waals surface area contributed by atoms with Crippen LogP contribution in [0, 0.1) is 0 Å². The number of nitrogens with two attached hydrogens (primary N) is 2. The monoisotopic (exact) mass is 536 g/mol. The van der Waals surface area contributed by atoms with Crippen LogP contribution in [-0.2, 0) is 36.8 Å². The van der Waals surface area contributed by atoms with Gasteiger partial charge in [0, 0.05) is 29.9 Å². The highest BCUT2D eigenvalue weighted by Gasteiger charge is 2.31. The summed E-state index contributed by atoms with van der Waals surface area (Å²) in [6.45, 7) is 1.45. The highest BCUT2D eigenvalue weighted by atomic mass is 16.4. The predicted octanol–water partition coefficient (Wildman–Crippen LogP) is -0.285. The van der Waals surface area contributed by atoms with E-state index in [0.717, 1.165) is 16.5 Å². The van der Waals surface area contributed by atoms with E-state index in [2.05, 4.69) is 20.9 Å². The maximum absolute atomic E-state index is 13.2. The van der Waals surface area contributed by atoms with Crippen molar-refractivity contribution in [3.05, 3.63) is 71.9 Å². The zero-order valence-electron chi connectivity index (χ0n) is 21.3. The number of para-hydroxylation sites is 1. The molecule has 4 atom stereocenters. The Kier molecular flexibility index (Phi) is 9.76. The molecule has 0 spiro atoms. The Bertz CT molecular complexity index is 1340. The average Bonchev–Trinajstić information content (AvgIpc) is 3.30. The second kappa shape index (κ2) is 13.2. The molecule has 1 heterocycles. The van der Waals surface area contributed by atoms with Crippen molar-refractivity contribution in [3.8, 4) is 0 Å². The summed E-state index contributed by atoms with van der Waals surface area (Å²) >= 11 is 0. The van der Waals surface area contributed by atoms with Gasteiger partial charge in [-0.05, 0) is 24.1 Å². The van der Waals surface area contributed by atoms with Gasteiger partial charge in [0.2, 0.25) is 23.6 Å². The van der Waals surface area contributed by atoms with Crippen LogP contribution in [0.2, 0.25) is 0 Å². The maximum atomic E-state index is 13.2. The number of carbonyl (C=O) groups is 5. The number of fused-ring (bicyclic) bond motifs is 1. The van der Waals surface area contributed by atoms with Gasteiger partial charge >= 0.3 is 5.97 Å². The number of aromatic nitrogens is 1. The standard InChI is InChI=1S/C27H32N6O6/c1-15(28)24(35)31-20(11-16-7-3-2-4-8-16)25(36)32-21(13-23(29)34)26(37)33-22(27(38)39)12-17-14-30-19-10-6-5-9-18(17)19/h2-10,14-15,20-22,30H,11-13,28H2,1H3,(H2,29,34)(H,31,35)(H,32,36)(H,33,37)(H,38,39). The molecule has 0 radical (unpaired) electrons. The number of aromatic amines is 1. The average molecular weight is 537 g/mol. The summed E-state index contributed by atoms with van der Waals surface area (Å²) in [7, 11) is 0. The lowest BCUT2D eigenvalue weighted by Crippen LogP contribution is -2.58. The summed E-state index contributed by atoms with van der Waals surface area (Å²) in [5, 5.41) is 18.0. The van der Waals surface area contributed by atoms with E-state index in [4.69, 9.17) is 11.5 Å². The van der Waals surface area contributed by atoms with Gasteiger partial charge in [0.15, 0.2) is 0 Å². The minimum Gasteiger partial charge on any atom is -0.480 e. The third-order valence-electron chi connectivity index (χ3n) is 6.08. The number of nitrogens with one attached hydrogen (secondary N) is 4. The van der Waals surface area contributed by atoms with E-state index >= 15 is 0 Å². The molecule has 1 aromatic heterocycles. The van der Waals surface area contributed by atoms with E-state index in [1.165, 1.54) is 6.92 Å². The SMILES string of the molecule is CC(N)C(=O)NC(Cc1ccccc1)C(=O)NC(CC(N)=O)C(=O)NC(Cc1c[nH]c2ccccc12)C(=O)O. The van der Waals surface area contributed by atoms with E-state index in [0.29, 0.717) is 5.56 Å². The molecule has 4 unspecified atom stereocenters. The van der Waals surface area contributed by atoms with E-state index in [9.17, 15) is 29.1 Å². The number of carboxylic acids is 1. The highest BCUT2D eigenvalue weighted by molar-refractivity contribution is 5.96. The van der Waals surface area contributed by atoms with Crippen LogP contribution in [0.25, 0.3) is 10.9 Å².